The zero-order valence-electron chi connectivity index (χ0n) is 44.6. The van der Waals surface area contributed by atoms with Gasteiger partial charge in [0.1, 0.15) is 11.6 Å². The van der Waals surface area contributed by atoms with E-state index in [1.807, 2.05) is 0 Å². The van der Waals surface area contributed by atoms with Crippen molar-refractivity contribution in [1.29, 1.82) is 0 Å². The van der Waals surface area contributed by atoms with Crippen LogP contribution < -0.4 is 11.2 Å². The van der Waals surface area contributed by atoms with Crippen molar-refractivity contribution in [3.8, 4) is 0 Å². The lowest BCUT2D eigenvalue weighted by molar-refractivity contribution is -0.129. The second-order valence-corrected chi connectivity index (χ2v) is 22.2. The lowest BCUT2D eigenvalue weighted by atomic mass is 9.75. The molecule has 0 radical (unpaired) electrons. The number of nitrogens with one attached hydrogen (secondary N) is 1. The van der Waals surface area contributed by atoms with Gasteiger partial charge >= 0.3 is 0 Å². The van der Waals surface area contributed by atoms with Gasteiger partial charge in [-0.3, -0.25) is 29.5 Å². The average Bonchev–Trinajstić information content (AvgIpc) is 4.06. The molecule has 1 aliphatic carbocycles. The molecule has 0 aliphatic heterocycles. The van der Waals surface area contributed by atoms with Gasteiger partial charge in [-0.05, 0) is 75.0 Å². The smallest absolute Gasteiger partial charge is 0.248 e. The molecule has 3 atom stereocenters. The number of rotatable bonds is 50. The Labute approximate surface area is 414 Å². The van der Waals surface area contributed by atoms with Gasteiger partial charge in [-0.25, -0.2) is 5.01 Å². The molecular formula is C57H110N4O4S. The number of primary amides is 1. The summed E-state index contributed by atoms with van der Waals surface area (Å²) in [6.45, 7) is 15.8. The van der Waals surface area contributed by atoms with Gasteiger partial charge in [-0.1, -0.05) is 215 Å². The summed E-state index contributed by atoms with van der Waals surface area (Å²) in [5, 5.41) is 2.05. The molecule has 0 saturated heterocycles. The third-order valence-corrected chi connectivity index (χ3v) is 15.2. The van der Waals surface area contributed by atoms with Crippen LogP contribution in [-0.4, -0.2) is 71.8 Å². The fourth-order valence-corrected chi connectivity index (χ4v) is 10.3. The van der Waals surface area contributed by atoms with Crippen molar-refractivity contribution in [2.24, 2.45) is 34.8 Å². The van der Waals surface area contributed by atoms with E-state index in [1.165, 1.54) is 154 Å². The number of ketones is 2. The van der Waals surface area contributed by atoms with Gasteiger partial charge in [0, 0.05) is 37.3 Å². The van der Waals surface area contributed by atoms with Gasteiger partial charge in [-0.15, -0.1) is 0 Å². The first-order valence-electron chi connectivity index (χ1n) is 28.6. The van der Waals surface area contributed by atoms with Crippen LogP contribution in [0.1, 0.15) is 273 Å². The van der Waals surface area contributed by atoms with E-state index in [0.29, 0.717) is 60.4 Å². The van der Waals surface area contributed by atoms with Crippen molar-refractivity contribution in [2.45, 2.75) is 273 Å². The number of hydrogen-bond donors (Lipinski definition) is 3. The van der Waals surface area contributed by atoms with E-state index in [0.717, 1.165) is 77.3 Å². The predicted octanol–water partition coefficient (Wildman–Crippen LogP) is 14.8. The summed E-state index contributed by atoms with van der Waals surface area (Å²) in [5.41, 5.74) is 8.34. The average molecular weight is 948 g/mol. The first kappa shape index (κ1) is 62.6. The highest BCUT2D eigenvalue weighted by Crippen LogP contribution is 2.44. The Morgan fingerprint density at radius 1 is 0.621 bits per heavy atom. The van der Waals surface area contributed by atoms with Crippen LogP contribution in [0.25, 0.3) is 0 Å². The molecule has 0 heterocycles. The largest absolute Gasteiger partial charge is 0.369 e. The molecule has 66 heavy (non-hydrogen) atoms. The molecule has 2 amide bonds. The summed E-state index contributed by atoms with van der Waals surface area (Å²) < 4.78 is 0. The number of carbonyl (C=O) groups is 4. The molecule has 1 saturated carbocycles. The number of nitrogens with zero attached hydrogens (tertiary/aromatic N) is 2. The van der Waals surface area contributed by atoms with Crippen LogP contribution in [0.3, 0.4) is 0 Å². The standard InChI is InChI=1S/C57H110N4O4S/c1-7-10-13-16-19-20-21-24-30-38-51-46-52(51)53(62)39-31-27-34-43-61(59-56(65)48-60(41-35-44-66)47-55(58)64)42-33-26-25-32-40-57(5,6)54(63)45-49(4)50(36-28-22-17-14-11-8-2)37-29-23-18-15-12-9-3/h49-52,66H,7-48H2,1-6H3,(H2,58,64)(H,59,65). The van der Waals surface area contributed by atoms with Gasteiger partial charge in [-0.2, -0.15) is 12.6 Å². The van der Waals surface area contributed by atoms with Gasteiger partial charge in [0.25, 0.3) is 0 Å². The second-order valence-electron chi connectivity index (χ2n) is 21.8. The van der Waals surface area contributed by atoms with Crippen molar-refractivity contribution in [3.63, 3.8) is 0 Å². The van der Waals surface area contributed by atoms with Crippen LogP contribution in [0.15, 0.2) is 0 Å². The first-order chi connectivity index (χ1) is 31.9. The normalized spacial score (nSPS) is 15.5. The van der Waals surface area contributed by atoms with Crippen LogP contribution in [0.4, 0.5) is 0 Å². The van der Waals surface area contributed by atoms with E-state index in [9.17, 15) is 19.2 Å². The minimum atomic E-state index is -0.440. The van der Waals surface area contributed by atoms with Crippen LogP contribution in [0.5, 0.6) is 0 Å². The molecule has 0 bridgehead atoms. The van der Waals surface area contributed by atoms with Crippen molar-refractivity contribution >= 4 is 36.0 Å². The molecule has 8 nitrogen and oxygen atoms in total. The summed E-state index contributed by atoms with van der Waals surface area (Å²) in [4.78, 5) is 53.6. The molecule has 3 N–H and O–H groups in total. The Hall–Kier alpha value is -1.45. The van der Waals surface area contributed by atoms with E-state index in [4.69, 9.17) is 5.73 Å². The molecular weight excluding hydrogens is 837 g/mol. The molecule has 3 unspecified atom stereocenters. The van der Waals surface area contributed by atoms with Crippen molar-refractivity contribution < 1.29 is 19.2 Å². The molecule has 388 valence electrons. The summed E-state index contributed by atoms with van der Waals surface area (Å²) in [6, 6.07) is 0. The number of thiol groups is 1. The maximum Gasteiger partial charge on any atom is 0.248 e. The van der Waals surface area contributed by atoms with Crippen LogP contribution in [0.2, 0.25) is 0 Å². The number of hydrazine groups is 1. The number of carbonyl (C=O) groups excluding carboxylic acids is 4. The van der Waals surface area contributed by atoms with Crippen molar-refractivity contribution in [2.75, 3.05) is 38.5 Å². The second kappa shape index (κ2) is 41.3. The molecule has 1 aliphatic rings. The van der Waals surface area contributed by atoms with Gasteiger partial charge in [0.05, 0.1) is 13.1 Å². The minimum absolute atomic E-state index is 0.0486. The highest BCUT2D eigenvalue weighted by Gasteiger charge is 2.41. The predicted molar refractivity (Wildman–Crippen MR) is 286 cm³/mol. The number of amides is 2. The number of nitrogens with two attached hydrogens (primary N) is 1. The Morgan fingerprint density at radius 3 is 1.64 bits per heavy atom. The Morgan fingerprint density at radius 2 is 1.11 bits per heavy atom. The molecule has 0 aromatic carbocycles. The van der Waals surface area contributed by atoms with E-state index in [2.05, 4.69) is 64.6 Å². The maximum absolute atomic E-state index is 13.8. The maximum atomic E-state index is 13.8. The zero-order valence-corrected chi connectivity index (χ0v) is 45.5. The third-order valence-electron chi connectivity index (χ3n) is 14.9. The molecule has 0 spiro atoms. The molecule has 0 aromatic heterocycles. The zero-order chi connectivity index (χ0) is 48.7. The molecule has 0 aromatic rings. The topological polar surface area (TPSA) is 113 Å². The molecule has 1 fully saturated rings. The fourth-order valence-electron chi connectivity index (χ4n) is 10.2. The lowest BCUT2D eigenvalue weighted by Crippen LogP contribution is -2.49. The number of unbranched alkanes of at least 4 members (excludes halogenated alkanes) is 23. The molecule has 1 rings (SSSR count). The SMILES string of the molecule is CCCCCCCCCCCC1CC1C(=O)CCCCCN(CCCCCCC(C)(C)C(=O)CC(C)C(CCCCCCCC)CCCCCCCC)NC(=O)CN(CCCS)CC(N)=O. The Bertz CT molecular complexity index is 1200. The van der Waals surface area contributed by atoms with E-state index in [-0.39, 0.29) is 24.4 Å². The number of hydrogen-bond acceptors (Lipinski definition) is 7. The van der Waals surface area contributed by atoms with Gasteiger partial charge in [0.15, 0.2) is 0 Å². The monoisotopic (exact) mass is 947 g/mol. The van der Waals surface area contributed by atoms with Crippen LogP contribution in [-0.2, 0) is 19.2 Å². The van der Waals surface area contributed by atoms with E-state index < -0.39 is 5.91 Å². The summed E-state index contributed by atoms with van der Waals surface area (Å²) >= 11 is 4.31. The fraction of sp³-hybridized carbons (Fsp3) is 0.930. The van der Waals surface area contributed by atoms with Crippen LogP contribution in [0, 0.1) is 29.1 Å². The molecule has 9 heteroatoms. The first-order valence-corrected chi connectivity index (χ1v) is 29.2. The van der Waals surface area contributed by atoms with E-state index in [1.54, 1.807) is 4.90 Å². The quantitative estimate of drug-likeness (QED) is 0.0318. The van der Waals surface area contributed by atoms with Crippen molar-refractivity contribution in [1.82, 2.24) is 15.3 Å². The highest BCUT2D eigenvalue weighted by atomic mass is 32.1. The summed E-state index contributed by atoms with van der Waals surface area (Å²) in [7, 11) is 0. The minimum Gasteiger partial charge on any atom is -0.369 e. The summed E-state index contributed by atoms with van der Waals surface area (Å²) in [5.74, 6) is 3.04. The van der Waals surface area contributed by atoms with E-state index >= 15 is 0 Å². The summed E-state index contributed by atoms with van der Waals surface area (Å²) in [6.07, 6.45) is 42.9. The third kappa shape index (κ3) is 33.9. The van der Waals surface area contributed by atoms with Crippen molar-refractivity contribution in [3.05, 3.63) is 0 Å². The highest BCUT2D eigenvalue weighted by molar-refractivity contribution is 7.80. The Balaban J connectivity index is 2.58. The van der Waals surface area contributed by atoms with Gasteiger partial charge in [0.2, 0.25) is 11.8 Å². The Kier molecular flexibility index (Phi) is 39.2. The number of Topliss-reactive ketones (excluding diaryl/α,β-unsaturated/α-hetero) is 2. The van der Waals surface area contributed by atoms with Gasteiger partial charge < -0.3 is 5.73 Å². The van der Waals surface area contributed by atoms with Crippen LogP contribution >= 0.6 is 12.6 Å². The lowest BCUT2D eigenvalue weighted by Gasteiger charge is -2.29.